The molecule has 2 fully saturated rings. The lowest BCUT2D eigenvalue weighted by atomic mass is 9.79. The highest BCUT2D eigenvalue weighted by atomic mass is 31.2. The molecule has 1 saturated heterocycles. The minimum Gasteiger partial charge on any atom is -0.480 e. The van der Waals surface area contributed by atoms with E-state index in [4.69, 9.17) is 9.26 Å². The van der Waals surface area contributed by atoms with Crippen LogP contribution >= 0.6 is 7.37 Å². The summed E-state index contributed by atoms with van der Waals surface area (Å²) in [6.45, 7) is 5.68. The van der Waals surface area contributed by atoms with Crippen LogP contribution in [0, 0.1) is 17.8 Å². The predicted molar refractivity (Wildman–Crippen MR) is 151 cm³/mol. The van der Waals surface area contributed by atoms with Gasteiger partial charge in [-0.1, -0.05) is 83.2 Å². The fraction of sp³-hybridized carbons (Fsp3) is 0.700. The smallest absolute Gasteiger partial charge is 0.326 e. The summed E-state index contributed by atoms with van der Waals surface area (Å²) >= 11 is 0. The van der Waals surface area contributed by atoms with Crippen LogP contribution in [0.2, 0.25) is 0 Å². The van der Waals surface area contributed by atoms with Gasteiger partial charge < -0.3 is 14.7 Å². The molecule has 218 valence electrons. The fourth-order valence-electron chi connectivity index (χ4n) is 5.80. The number of hydrogen-bond donors (Lipinski definition) is 1. The summed E-state index contributed by atoms with van der Waals surface area (Å²) in [5.74, 6) is -1.61. The Labute approximate surface area is 233 Å². The molecule has 4 atom stereocenters. The number of aliphatic carboxylic acids is 1. The van der Waals surface area contributed by atoms with Gasteiger partial charge in [0.15, 0.2) is 0 Å². The first kappa shape index (κ1) is 31.3. The molecule has 39 heavy (non-hydrogen) atoms. The molecule has 1 saturated carbocycles. The lowest BCUT2D eigenvalue weighted by Gasteiger charge is -2.30. The Bertz CT molecular complexity index is 992. The molecule has 1 aromatic rings. The number of carboxylic acid groups (broad SMARTS) is 1. The van der Waals surface area contributed by atoms with Crippen molar-refractivity contribution in [2.24, 2.45) is 17.8 Å². The highest BCUT2D eigenvalue weighted by molar-refractivity contribution is 7.59. The molecule has 0 radical (unpaired) electrons. The third-order valence-corrected chi connectivity index (χ3v) is 10.4. The number of rotatable bonds is 14. The number of esters is 1. The van der Waals surface area contributed by atoms with Crippen LogP contribution in [0.5, 0.6) is 0 Å². The van der Waals surface area contributed by atoms with Gasteiger partial charge in [0.1, 0.15) is 12.2 Å². The van der Waals surface area contributed by atoms with E-state index in [1.165, 1.54) is 16.9 Å². The zero-order valence-electron chi connectivity index (χ0n) is 23.8. The Hall–Kier alpha value is -2.18. The maximum Gasteiger partial charge on any atom is 0.326 e. The summed E-state index contributed by atoms with van der Waals surface area (Å²) < 4.78 is 25.7. The molecule has 1 aliphatic carbocycles. The number of aryl methyl sites for hydroxylation is 1. The summed E-state index contributed by atoms with van der Waals surface area (Å²) in [5.41, 5.74) is 1.18. The van der Waals surface area contributed by atoms with Gasteiger partial charge in [-0.2, -0.15) is 0 Å². The molecule has 0 aromatic heterocycles. The van der Waals surface area contributed by atoms with Crippen molar-refractivity contribution in [3.63, 3.8) is 0 Å². The van der Waals surface area contributed by atoms with Gasteiger partial charge in [-0.15, -0.1) is 0 Å². The van der Waals surface area contributed by atoms with Gasteiger partial charge in [0.2, 0.25) is 19.6 Å². The molecular weight excluding hydrogens is 517 g/mol. The Morgan fingerprint density at radius 1 is 1.05 bits per heavy atom. The molecule has 0 spiro atoms. The second-order valence-electron chi connectivity index (χ2n) is 11.5. The van der Waals surface area contributed by atoms with E-state index in [0.29, 0.717) is 25.3 Å². The van der Waals surface area contributed by atoms with Crippen molar-refractivity contribution in [1.82, 2.24) is 4.90 Å². The number of amides is 1. The molecule has 1 N–H and O–H groups in total. The van der Waals surface area contributed by atoms with Crippen molar-refractivity contribution in [2.75, 3.05) is 18.9 Å². The van der Waals surface area contributed by atoms with E-state index in [1.807, 2.05) is 44.2 Å². The molecule has 1 aromatic carbocycles. The summed E-state index contributed by atoms with van der Waals surface area (Å²) in [6, 6.07) is 9.10. The third kappa shape index (κ3) is 9.46. The number of likely N-dealkylation sites (tertiary alicyclic amines) is 1. The van der Waals surface area contributed by atoms with E-state index >= 15 is 0 Å². The van der Waals surface area contributed by atoms with E-state index in [0.717, 1.165) is 38.5 Å². The van der Waals surface area contributed by atoms with Crippen molar-refractivity contribution < 1.29 is 33.3 Å². The number of benzene rings is 1. The van der Waals surface area contributed by atoms with Gasteiger partial charge in [0.05, 0.1) is 0 Å². The Kier molecular flexibility index (Phi) is 12.1. The fourth-order valence-corrected chi connectivity index (χ4v) is 8.10. The van der Waals surface area contributed by atoms with Crippen molar-refractivity contribution >= 4 is 25.2 Å². The Morgan fingerprint density at radius 3 is 2.36 bits per heavy atom. The molecule has 1 aliphatic heterocycles. The molecule has 9 heteroatoms. The number of carbonyl (C=O) groups is 3. The summed E-state index contributed by atoms with van der Waals surface area (Å²) in [4.78, 5) is 39.2. The van der Waals surface area contributed by atoms with E-state index in [9.17, 15) is 24.1 Å². The minimum absolute atomic E-state index is 0.149. The van der Waals surface area contributed by atoms with Gasteiger partial charge in [-0.05, 0) is 43.1 Å². The van der Waals surface area contributed by atoms with E-state index < -0.39 is 37.5 Å². The van der Waals surface area contributed by atoms with Crippen molar-refractivity contribution in [3.8, 4) is 0 Å². The van der Waals surface area contributed by atoms with Crippen molar-refractivity contribution in [2.45, 2.75) is 97.3 Å². The summed E-state index contributed by atoms with van der Waals surface area (Å²) in [6.07, 6.45) is 7.12. The Morgan fingerprint density at radius 2 is 1.74 bits per heavy atom. The van der Waals surface area contributed by atoms with Crippen LogP contribution in [-0.4, -0.2) is 59.1 Å². The lowest BCUT2D eigenvalue weighted by molar-refractivity contribution is -0.169. The SMILES string of the molecule is CCC(=O)O[C@H](O[P@@](=O)(CCCCc1ccccc1)CC(=O)N1C[C@@H](C2CCCCC2)C[C@@H]1C(=O)O)C(C)C. The number of carbonyl (C=O) groups excluding carboxylic acids is 2. The zero-order valence-corrected chi connectivity index (χ0v) is 24.7. The average molecular weight is 564 g/mol. The third-order valence-electron chi connectivity index (χ3n) is 8.07. The maximum atomic E-state index is 14.2. The number of hydrogen-bond acceptors (Lipinski definition) is 6. The highest BCUT2D eigenvalue weighted by Gasteiger charge is 2.44. The number of carboxylic acids is 1. The first-order valence-corrected chi connectivity index (χ1v) is 16.6. The lowest BCUT2D eigenvalue weighted by Crippen LogP contribution is -2.42. The molecule has 3 rings (SSSR count). The van der Waals surface area contributed by atoms with Crippen LogP contribution in [0.1, 0.15) is 84.1 Å². The minimum atomic E-state index is -3.60. The maximum absolute atomic E-state index is 14.2. The second kappa shape index (κ2) is 15.0. The van der Waals surface area contributed by atoms with Crippen LogP contribution in [0.25, 0.3) is 0 Å². The number of ether oxygens (including phenoxy) is 1. The topological polar surface area (TPSA) is 110 Å². The van der Waals surface area contributed by atoms with Gasteiger partial charge in [-0.25, -0.2) is 4.79 Å². The molecule has 8 nitrogen and oxygen atoms in total. The molecule has 2 aliphatic rings. The zero-order chi connectivity index (χ0) is 28.4. The Balaban J connectivity index is 1.73. The average Bonchev–Trinajstić information content (AvgIpc) is 3.38. The van der Waals surface area contributed by atoms with Crippen LogP contribution in [0.4, 0.5) is 0 Å². The normalized spacial score (nSPS) is 22.4. The van der Waals surface area contributed by atoms with Crippen LogP contribution in [0.15, 0.2) is 30.3 Å². The van der Waals surface area contributed by atoms with Crippen LogP contribution in [0.3, 0.4) is 0 Å². The highest BCUT2D eigenvalue weighted by Crippen LogP contribution is 2.51. The molecule has 0 bridgehead atoms. The number of nitrogens with zero attached hydrogens (tertiary/aromatic N) is 1. The van der Waals surface area contributed by atoms with Gasteiger partial charge in [0.25, 0.3) is 0 Å². The second-order valence-corrected chi connectivity index (χ2v) is 14.1. The molecule has 1 amide bonds. The monoisotopic (exact) mass is 563 g/mol. The van der Waals surface area contributed by atoms with E-state index in [1.54, 1.807) is 6.92 Å². The standard InChI is InChI=1S/C30H46NO7P/c1-4-28(33)37-30(22(2)3)38-39(36,18-12-11-15-23-13-7-5-8-14-23)21-27(32)31-20-25(19-26(31)29(34)35)24-16-9-6-10-17-24/h5,7-8,13-14,22,24-26,30H,4,6,9-12,15-21H2,1-3H3,(H,34,35)/t25-,26+,30+,39-/m0/s1. The summed E-state index contributed by atoms with van der Waals surface area (Å²) in [7, 11) is -3.60. The van der Waals surface area contributed by atoms with Crippen LogP contribution in [-0.2, 0) is 34.6 Å². The van der Waals surface area contributed by atoms with E-state index in [2.05, 4.69) is 0 Å². The molecular formula is C30H46NO7P. The quantitative estimate of drug-likeness (QED) is 0.126. The van der Waals surface area contributed by atoms with E-state index in [-0.39, 0.29) is 30.6 Å². The van der Waals surface area contributed by atoms with Crippen molar-refractivity contribution in [3.05, 3.63) is 35.9 Å². The first-order valence-electron chi connectivity index (χ1n) is 14.6. The van der Waals surface area contributed by atoms with Gasteiger partial charge >= 0.3 is 11.9 Å². The van der Waals surface area contributed by atoms with Gasteiger partial charge in [0, 0.05) is 25.0 Å². The summed E-state index contributed by atoms with van der Waals surface area (Å²) in [5, 5.41) is 9.92. The first-order chi connectivity index (χ1) is 18.6. The molecule has 1 heterocycles. The van der Waals surface area contributed by atoms with Crippen LogP contribution < -0.4 is 0 Å². The number of unbranched alkanes of at least 4 members (excludes halogenated alkanes) is 1. The predicted octanol–water partition coefficient (Wildman–Crippen LogP) is 6.12. The van der Waals surface area contributed by atoms with Crippen molar-refractivity contribution in [1.29, 1.82) is 0 Å². The van der Waals surface area contributed by atoms with Gasteiger partial charge in [-0.3, -0.25) is 18.7 Å². The molecule has 0 unspecified atom stereocenters. The largest absolute Gasteiger partial charge is 0.480 e.